The van der Waals surface area contributed by atoms with Crippen molar-refractivity contribution in [2.24, 2.45) is 0 Å². The Labute approximate surface area is 175 Å². The van der Waals surface area contributed by atoms with E-state index in [0.29, 0.717) is 27.7 Å². The third-order valence-electron chi connectivity index (χ3n) is 4.60. The Hall–Kier alpha value is -3.72. The van der Waals surface area contributed by atoms with Gasteiger partial charge in [-0.25, -0.2) is 14.6 Å². The molecule has 0 radical (unpaired) electrons. The van der Waals surface area contributed by atoms with E-state index in [-0.39, 0.29) is 24.1 Å². The summed E-state index contributed by atoms with van der Waals surface area (Å²) in [5.41, 5.74) is 2.59. The Morgan fingerprint density at radius 3 is 2.90 bits per heavy atom. The molecule has 148 valence electrons. The summed E-state index contributed by atoms with van der Waals surface area (Å²) in [4.78, 5) is 32.9. The van der Waals surface area contributed by atoms with E-state index in [2.05, 4.69) is 20.4 Å². The van der Waals surface area contributed by atoms with Crippen LogP contribution in [0.5, 0.6) is 5.75 Å². The van der Waals surface area contributed by atoms with E-state index in [1.54, 1.807) is 29.1 Å². The molecule has 0 saturated carbocycles. The monoisotopic (exact) mass is 417 g/mol. The number of thioether (sulfide) groups is 1. The van der Waals surface area contributed by atoms with Gasteiger partial charge in [0.1, 0.15) is 17.1 Å². The number of amides is 1. The summed E-state index contributed by atoms with van der Waals surface area (Å²) in [5, 5.41) is 8.61. The number of hydrogen-bond donors (Lipinski definition) is 1. The smallest absolute Gasteiger partial charge is 0.262 e. The molecule has 0 spiro atoms. The first-order valence-corrected chi connectivity index (χ1v) is 10.1. The fourth-order valence-corrected chi connectivity index (χ4v) is 4.03. The second kappa shape index (κ2) is 7.60. The van der Waals surface area contributed by atoms with Gasteiger partial charge < -0.3 is 10.1 Å². The second-order valence-corrected chi connectivity index (χ2v) is 7.53. The van der Waals surface area contributed by atoms with Crippen LogP contribution in [-0.2, 0) is 4.79 Å². The van der Waals surface area contributed by atoms with Gasteiger partial charge in [-0.15, -0.1) is 0 Å². The molecule has 30 heavy (non-hydrogen) atoms. The van der Waals surface area contributed by atoms with Crippen LogP contribution in [0, 0.1) is 0 Å². The average molecular weight is 417 g/mol. The number of para-hydroxylation sites is 1. The van der Waals surface area contributed by atoms with E-state index in [9.17, 15) is 9.59 Å². The lowest BCUT2D eigenvalue weighted by molar-refractivity contribution is -0.118. The highest BCUT2D eigenvalue weighted by Gasteiger charge is 2.19. The maximum atomic E-state index is 12.7. The number of carbonyl (C=O) groups excluding carboxylic acids is 2. The quantitative estimate of drug-likeness (QED) is 0.303. The number of benzene rings is 2. The standard InChI is InChI=1S/C21H15N5O3S/c27-17(13-6-7-18-16(8-13)25-19(28)10-29-18)11-30-21-15-9-24-26(20(15)22-12-23-21)14-4-2-1-3-5-14/h1-9,12H,10-11H2,(H,25,28). The minimum absolute atomic E-state index is 0.0173. The molecule has 0 fully saturated rings. The van der Waals surface area contributed by atoms with E-state index >= 15 is 0 Å². The average Bonchev–Trinajstić information content (AvgIpc) is 3.22. The molecule has 5 rings (SSSR count). The van der Waals surface area contributed by atoms with Crippen LogP contribution in [0.25, 0.3) is 16.7 Å². The lowest BCUT2D eigenvalue weighted by Crippen LogP contribution is -2.25. The van der Waals surface area contributed by atoms with Gasteiger partial charge in [-0.1, -0.05) is 30.0 Å². The molecule has 0 aliphatic carbocycles. The molecular formula is C21H15N5O3S. The molecular weight excluding hydrogens is 402 g/mol. The van der Waals surface area contributed by atoms with Crippen molar-refractivity contribution < 1.29 is 14.3 Å². The summed E-state index contributed by atoms with van der Waals surface area (Å²) in [7, 11) is 0. The van der Waals surface area contributed by atoms with E-state index in [1.165, 1.54) is 18.1 Å². The number of ether oxygens (including phenoxy) is 1. The highest BCUT2D eigenvalue weighted by Crippen LogP contribution is 2.30. The minimum Gasteiger partial charge on any atom is -0.482 e. The van der Waals surface area contributed by atoms with Crippen molar-refractivity contribution in [2.45, 2.75) is 5.03 Å². The number of carbonyl (C=O) groups is 2. The van der Waals surface area contributed by atoms with Gasteiger partial charge in [0.15, 0.2) is 18.0 Å². The number of hydrogen-bond acceptors (Lipinski definition) is 7. The molecule has 9 heteroatoms. The SMILES string of the molecule is O=C1COc2ccc(C(=O)CSc3ncnc4c3cnn4-c3ccccc3)cc2N1. The zero-order valence-electron chi connectivity index (χ0n) is 15.6. The van der Waals surface area contributed by atoms with E-state index < -0.39 is 0 Å². The van der Waals surface area contributed by atoms with Crippen molar-refractivity contribution >= 4 is 40.2 Å². The maximum Gasteiger partial charge on any atom is 0.262 e. The summed E-state index contributed by atoms with van der Waals surface area (Å²) in [5.74, 6) is 0.436. The topological polar surface area (TPSA) is 99.0 Å². The zero-order chi connectivity index (χ0) is 20.5. The Balaban J connectivity index is 1.37. The van der Waals surface area contributed by atoms with Crippen molar-refractivity contribution in [1.82, 2.24) is 19.7 Å². The predicted molar refractivity (Wildman–Crippen MR) is 112 cm³/mol. The Morgan fingerprint density at radius 2 is 2.03 bits per heavy atom. The first kappa shape index (κ1) is 18.3. The number of nitrogens with zero attached hydrogens (tertiary/aromatic N) is 4. The molecule has 0 saturated heterocycles. The molecule has 2 aromatic heterocycles. The Kier molecular flexibility index (Phi) is 4.64. The van der Waals surface area contributed by atoms with Crippen molar-refractivity contribution in [3.05, 3.63) is 66.6 Å². The van der Waals surface area contributed by atoms with Gasteiger partial charge in [-0.05, 0) is 30.3 Å². The highest BCUT2D eigenvalue weighted by molar-refractivity contribution is 8.00. The van der Waals surface area contributed by atoms with Crippen LogP contribution in [0.2, 0.25) is 0 Å². The summed E-state index contributed by atoms with van der Waals surface area (Å²) >= 11 is 1.33. The van der Waals surface area contributed by atoms with Crippen LogP contribution >= 0.6 is 11.8 Å². The molecule has 1 amide bonds. The summed E-state index contributed by atoms with van der Waals surface area (Å²) in [6.45, 7) is -0.0173. The van der Waals surface area contributed by atoms with Gasteiger partial charge in [0.25, 0.3) is 5.91 Å². The normalized spacial score (nSPS) is 12.9. The molecule has 1 aliphatic heterocycles. The lowest BCUT2D eigenvalue weighted by atomic mass is 10.1. The van der Waals surface area contributed by atoms with Crippen molar-refractivity contribution in [3.8, 4) is 11.4 Å². The number of aromatic nitrogens is 4. The third-order valence-corrected chi connectivity index (χ3v) is 5.61. The molecule has 0 bridgehead atoms. The summed E-state index contributed by atoms with van der Waals surface area (Å²) in [6.07, 6.45) is 3.18. The number of Topliss-reactive ketones (excluding diaryl/α,β-unsaturated/α-hetero) is 1. The fourth-order valence-electron chi connectivity index (χ4n) is 3.17. The number of fused-ring (bicyclic) bond motifs is 2. The number of anilines is 1. The van der Waals surface area contributed by atoms with Gasteiger partial charge in [-0.3, -0.25) is 9.59 Å². The van der Waals surface area contributed by atoms with Crippen LogP contribution in [0.15, 0.2) is 66.1 Å². The van der Waals surface area contributed by atoms with Crippen LogP contribution in [-0.4, -0.2) is 43.8 Å². The Morgan fingerprint density at radius 1 is 1.17 bits per heavy atom. The van der Waals surface area contributed by atoms with Crippen molar-refractivity contribution in [1.29, 1.82) is 0 Å². The highest BCUT2D eigenvalue weighted by atomic mass is 32.2. The molecule has 8 nitrogen and oxygen atoms in total. The summed E-state index contributed by atoms with van der Waals surface area (Å²) < 4.78 is 7.08. The van der Waals surface area contributed by atoms with E-state index in [0.717, 1.165) is 11.1 Å². The molecule has 3 heterocycles. The molecule has 1 N–H and O–H groups in total. The van der Waals surface area contributed by atoms with Crippen molar-refractivity contribution in [2.75, 3.05) is 17.7 Å². The molecule has 4 aromatic rings. The number of rotatable bonds is 5. The third kappa shape index (κ3) is 3.39. The van der Waals surface area contributed by atoms with Crippen LogP contribution in [0.3, 0.4) is 0 Å². The number of nitrogens with one attached hydrogen (secondary N) is 1. The zero-order valence-corrected chi connectivity index (χ0v) is 16.4. The second-order valence-electron chi connectivity index (χ2n) is 6.57. The maximum absolute atomic E-state index is 12.7. The van der Waals surface area contributed by atoms with Crippen LogP contribution in [0.4, 0.5) is 5.69 Å². The fraction of sp³-hybridized carbons (Fsp3) is 0.0952. The van der Waals surface area contributed by atoms with Crippen molar-refractivity contribution in [3.63, 3.8) is 0 Å². The van der Waals surface area contributed by atoms with E-state index in [4.69, 9.17) is 4.74 Å². The van der Waals surface area contributed by atoms with Gasteiger partial charge in [0, 0.05) is 5.56 Å². The van der Waals surface area contributed by atoms with E-state index in [1.807, 2.05) is 30.3 Å². The van der Waals surface area contributed by atoms with Crippen LogP contribution < -0.4 is 10.1 Å². The lowest BCUT2D eigenvalue weighted by Gasteiger charge is -2.18. The molecule has 1 aliphatic rings. The van der Waals surface area contributed by atoms with Gasteiger partial charge in [0.2, 0.25) is 0 Å². The molecule has 0 atom stereocenters. The molecule has 2 aromatic carbocycles. The van der Waals surface area contributed by atoms with Gasteiger partial charge >= 0.3 is 0 Å². The minimum atomic E-state index is -0.236. The number of ketones is 1. The van der Waals surface area contributed by atoms with Gasteiger partial charge in [0.05, 0.1) is 28.7 Å². The first-order valence-electron chi connectivity index (χ1n) is 9.16. The molecule has 0 unspecified atom stereocenters. The summed E-state index contributed by atoms with van der Waals surface area (Å²) in [6, 6.07) is 14.7. The Bertz CT molecular complexity index is 1270. The van der Waals surface area contributed by atoms with Gasteiger partial charge in [-0.2, -0.15) is 5.10 Å². The van der Waals surface area contributed by atoms with Crippen LogP contribution in [0.1, 0.15) is 10.4 Å². The predicted octanol–water partition coefficient (Wildman–Crippen LogP) is 3.12. The largest absolute Gasteiger partial charge is 0.482 e. The first-order chi connectivity index (χ1) is 14.7.